The summed E-state index contributed by atoms with van der Waals surface area (Å²) in [5.74, 6) is 1.82. The zero-order chi connectivity index (χ0) is 21.3. The normalized spacial score (nSPS) is 12.4. The van der Waals surface area contributed by atoms with E-state index in [0.29, 0.717) is 38.7 Å². The highest BCUT2D eigenvalue weighted by Gasteiger charge is 2.13. The molecule has 1 aliphatic heterocycles. The van der Waals surface area contributed by atoms with Crippen LogP contribution in [0.5, 0.6) is 11.5 Å². The van der Waals surface area contributed by atoms with Crippen LogP contribution in [0.2, 0.25) is 0 Å². The topological polar surface area (TPSA) is 56.8 Å². The Balaban J connectivity index is 1.24. The highest BCUT2D eigenvalue weighted by molar-refractivity contribution is 8.00. The fourth-order valence-electron chi connectivity index (χ4n) is 3.23. The Morgan fingerprint density at radius 2 is 1.61 bits per heavy atom. The van der Waals surface area contributed by atoms with E-state index in [2.05, 4.69) is 5.32 Å². The van der Waals surface area contributed by atoms with Crippen molar-refractivity contribution in [3.63, 3.8) is 0 Å². The Morgan fingerprint density at radius 1 is 0.871 bits per heavy atom. The lowest BCUT2D eigenvalue weighted by Crippen LogP contribution is -2.25. The summed E-state index contributed by atoms with van der Waals surface area (Å²) in [4.78, 5) is 13.4. The maximum Gasteiger partial charge on any atom is 0.230 e. The largest absolute Gasteiger partial charge is 0.486 e. The van der Waals surface area contributed by atoms with Gasteiger partial charge in [-0.15, -0.1) is 11.8 Å². The predicted octanol–water partition coefficient (Wildman–Crippen LogP) is 4.58. The Bertz CT molecular complexity index is 1010. The minimum absolute atomic E-state index is 0.0140. The van der Waals surface area contributed by atoms with Crippen molar-refractivity contribution < 1.29 is 19.0 Å². The first kappa shape index (κ1) is 21.3. The summed E-state index contributed by atoms with van der Waals surface area (Å²) in [6.07, 6.45) is 0. The number of fused-ring (bicyclic) bond motifs is 1. The number of ether oxygens (including phenoxy) is 3. The summed E-state index contributed by atoms with van der Waals surface area (Å²) in [6, 6.07) is 23.9. The lowest BCUT2D eigenvalue weighted by atomic mass is 10.1. The van der Waals surface area contributed by atoms with E-state index in [-0.39, 0.29) is 5.91 Å². The molecule has 0 unspecified atom stereocenters. The summed E-state index contributed by atoms with van der Waals surface area (Å²) in [7, 11) is 0. The molecule has 5 nitrogen and oxygen atoms in total. The highest BCUT2D eigenvalue weighted by atomic mass is 32.2. The average Bonchev–Trinajstić information content (AvgIpc) is 2.82. The van der Waals surface area contributed by atoms with E-state index in [4.69, 9.17) is 14.2 Å². The van der Waals surface area contributed by atoms with E-state index in [1.54, 1.807) is 0 Å². The van der Waals surface area contributed by atoms with Crippen LogP contribution in [-0.2, 0) is 29.3 Å². The van der Waals surface area contributed by atoms with Crippen molar-refractivity contribution in [1.29, 1.82) is 0 Å². The maximum absolute atomic E-state index is 12.4. The van der Waals surface area contributed by atoms with Gasteiger partial charge < -0.3 is 19.5 Å². The number of carbonyl (C=O) groups excluding carboxylic acids is 1. The van der Waals surface area contributed by atoms with Crippen LogP contribution in [0.25, 0.3) is 0 Å². The minimum atomic E-state index is -0.0140. The van der Waals surface area contributed by atoms with Gasteiger partial charge in [0.1, 0.15) is 13.2 Å². The van der Waals surface area contributed by atoms with Gasteiger partial charge in [0, 0.05) is 11.4 Å². The highest BCUT2D eigenvalue weighted by Crippen LogP contribution is 2.34. The standard InChI is InChI=1S/C25H25NO4S/c27-25(18-31-22-10-11-23-24(14-22)30-13-12-29-23)26-15-20-8-4-5-9-21(20)17-28-16-19-6-2-1-3-7-19/h1-11,14H,12-13,15-18H2,(H,26,27). The van der Waals surface area contributed by atoms with E-state index < -0.39 is 0 Å². The molecule has 0 radical (unpaired) electrons. The number of amides is 1. The van der Waals surface area contributed by atoms with Crippen LogP contribution < -0.4 is 14.8 Å². The molecule has 0 aliphatic carbocycles. The number of hydrogen-bond acceptors (Lipinski definition) is 5. The molecule has 0 saturated carbocycles. The van der Waals surface area contributed by atoms with Crippen molar-refractivity contribution in [3.05, 3.63) is 89.5 Å². The van der Waals surface area contributed by atoms with E-state index in [9.17, 15) is 4.79 Å². The number of carbonyl (C=O) groups is 1. The Labute approximate surface area is 186 Å². The van der Waals surface area contributed by atoms with Crippen molar-refractivity contribution in [2.24, 2.45) is 0 Å². The zero-order valence-electron chi connectivity index (χ0n) is 17.2. The number of rotatable bonds is 9. The fraction of sp³-hybridized carbons (Fsp3) is 0.240. The van der Waals surface area contributed by atoms with Gasteiger partial charge in [0.15, 0.2) is 11.5 Å². The Morgan fingerprint density at radius 3 is 2.45 bits per heavy atom. The second-order valence-corrected chi connectivity index (χ2v) is 8.17. The molecule has 1 aliphatic rings. The molecule has 3 aromatic carbocycles. The number of thioether (sulfide) groups is 1. The molecule has 160 valence electrons. The number of benzene rings is 3. The van der Waals surface area contributed by atoms with E-state index >= 15 is 0 Å². The second-order valence-electron chi connectivity index (χ2n) is 7.12. The summed E-state index contributed by atoms with van der Waals surface area (Å²) < 4.78 is 17.0. The lowest BCUT2D eigenvalue weighted by molar-refractivity contribution is -0.118. The zero-order valence-corrected chi connectivity index (χ0v) is 18.0. The predicted molar refractivity (Wildman–Crippen MR) is 121 cm³/mol. The summed E-state index contributed by atoms with van der Waals surface area (Å²) in [5, 5.41) is 3.01. The first-order valence-electron chi connectivity index (χ1n) is 10.3. The quantitative estimate of drug-likeness (QED) is 0.499. The molecule has 0 bridgehead atoms. The third kappa shape index (κ3) is 6.26. The lowest BCUT2D eigenvalue weighted by Gasteiger charge is -2.18. The molecule has 1 N–H and O–H groups in total. The van der Waals surface area contributed by atoms with Gasteiger partial charge in [-0.25, -0.2) is 0 Å². The van der Waals surface area contributed by atoms with Gasteiger partial charge in [0.2, 0.25) is 5.91 Å². The first-order valence-corrected chi connectivity index (χ1v) is 11.2. The van der Waals surface area contributed by atoms with E-state index in [0.717, 1.165) is 33.1 Å². The smallest absolute Gasteiger partial charge is 0.230 e. The van der Waals surface area contributed by atoms with Crippen molar-refractivity contribution >= 4 is 17.7 Å². The number of hydrogen-bond donors (Lipinski definition) is 1. The van der Waals surface area contributed by atoms with Crippen LogP contribution in [0, 0.1) is 0 Å². The SMILES string of the molecule is O=C(CSc1ccc2c(c1)OCCO2)NCc1ccccc1COCc1ccccc1. The van der Waals surface area contributed by atoms with Gasteiger partial charge in [0.25, 0.3) is 0 Å². The second kappa shape index (κ2) is 10.9. The van der Waals surface area contributed by atoms with Gasteiger partial charge in [-0.1, -0.05) is 54.6 Å². The molecule has 4 rings (SSSR count). The van der Waals surface area contributed by atoms with Crippen molar-refractivity contribution in [2.75, 3.05) is 19.0 Å². The molecular formula is C25H25NO4S. The molecular weight excluding hydrogens is 410 g/mol. The molecule has 3 aromatic rings. The molecule has 1 amide bonds. The van der Waals surface area contributed by atoms with Crippen molar-refractivity contribution in [1.82, 2.24) is 5.32 Å². The number of nitrogens with one attached hydrogen (secondary N) is 1. The summed E-state index contributed by atoms with van der Waals surface area (Å²) >= 11 is 1.48. The third-order valence-corrected chi connectivity index (χ3v) is 5.84. The molecule has 0 saturated heterocycles. The van der Waals surface area contributed by atoms with Gasteiger partial charge in [-0.05, 0) is 34.9 Å². The molecule has 0 fully saturated rings. The van der Waals surface area contributed by atoms with Crippen LogP contribution in [0.4, 0.5) is 0 Å². The maximum atomic E-state index is 12.4. The minimum Gasteiger partial charge on any atom is -0.486 e. The summed E-state index contributed by atoms with van der Waals surface area (Å²) in [6.45, 7) is 2.67. The molecule has 1 heterocycles. The van der Waals surface area contributed by atoms with Crippen molar-refractivity contribution in [2.45, 2.75) is 24.7 Å². The van der Waals surface area contributed by atoms with E-state index in [1.165, 1.54) is 11.8 Å². The van der Waals surface area contributed by atoms with Gasteiger partial charge in [0.05, 0.1) is 19.0 Å². The average molecular weight is 436 g/mol. The third-order valence-electron chi connectivity index (χ3n) is 4.85. The van der Waals surface area contributed by atoms with Crippen LogP contribution in [0.3, 0.4) is 0 Å². The molecule has 0 aromatic heterocycles. The van der Waals surface area contributed by atoms with Gasteiger partial charge in [-0.3, -0.25) is 4.79 Å². The van der Waals surface area contributed by atoms with Crippen LogP contribution in [0.1, 0.15) is 16.7 Å². The van der Waals surface area contributed by atoms with Crippen LogP contribution in [0.15, 0.2) is 77.7 Å². The van der Waals surface area contributed by atoms with Crippen LogP contribution in [-0.4, -0.2) is 24.9 Å². The summed E-state index contributed by atoms with van der Waals surface area (Å²) in [5.41, 5.74) is 3.29. The van der Waals surface area contributed by atoms with Crippen molar-refractivity contribution in [3.8, 4) is 11.5 Å². The molecule has 0 spiro atoms. The van der Waals surface area contributed by atoms with Gasteiger partial charge >= 0.3 is 0 Å². The first-order chi connectivity index (χ1) is 15.3. The van der Waals surface area contributed by atoms with Crippen LogP contribution >= 0.6 is 11.8 Å². The Hall–Kier alpha value is -2.96. The monoisotopic (exact) mass is 435 g/mol. The fourth-order valence-corrected chi connectivity index (χ4v) is 3.99. The molecule has 31 heavy (non-hydrogen) atoms. The van der Waals surface area contributed by atoms with E-state index in [1.807, 2.05) is 72.8 Å². The molecule has 0 atom stereocenters. The Kier molecular flexibility index (Phi) is 7.47. The molecule has 6 heteroatoms. The van der Waals surface area contributed by atoms with Gasteiger partial charge in [-0.2, -0.15) is 0 Å².